The molecule has 2 aromatic rings. The molecular weight excluding hydrogens is 389 g/mol. The average Bonchev–Trinajstić information content (AvgIpc) is 2.60. The van der Waals surface area contributed by atoms with Gasteiger partial charge in [0.1, 0.15) is 11.5 Å². The average molecular weight is 430 g/mol. The number of benzene rings is 2. The van der Waals surface area contributed by atoms with Gasteiger partial charge < -0.3 is 9.05 Å². The molecule has 0 aliphatic carbocycles. The van der Waals surface area contributed by atoms with Crippen molar-refractivity contribution in [2.75, 3.05) is 0 Å². The molecule has 0 radical (unpaired) electrons. The van der Waals surface area contributed by atoms with Crippen molar-refractivity contribution >= 4 is 8.53 Å². The largest absolute Gasteiger partial charge is 0.427 e. The summed E-state index contributed by atoms with van der Waals surface area (Å²) in [6.45, 7) is 21.9. The molecule has 0 amide bonds. The Bertz CT molecular complexity index is 762. The van der Waals surface area contributed by atoms with Crippen LogP contribution in [0.25, 0.3) is 0 Å². The fourth-order valence-corrected chi connectivity index (χ4v) is 5.28. The van der Waals surface area contributed by atoms with Gasteiger partial charge in [-0.25, -0.2) is 4.67 Å². The summed E-state index contributed by atoms with van der Waals surface area (Å²) >= 11 is 0. The van der Waals surface area contributed by atoms with Crippen LogP contribution in [0.15, 0.2) is 36.4 Å². The summed E-state index contributed by atoms with van der Waals surface area (Å²) in [5.41, 5.74) is 4.84. The van der Waals surface area contributed by atoms with Gasteiger partial charge >= 0.3 is 8.53 Å². The molecule has 166 valence electrons. The minimum absolute atomic E-state index is 0.302. The zero-order valence-electron chi connectivity index (χ0n) is 20.5. The Hall–Kier alpha value is -1.57. The van der Waals surface area contributed by atoms with E-state index in [2.05, 4.69) is 110 Å². The number of nitrogens with zero attached hydrogens (tertiary/aromatic N) is 1. The molecule has 0 spiro atoms. The van der Waals surface area contributed by atoms with Gasteiger partial charge in [0, 0.05) is 12.1 Å². The van der Waals surface area contributed by atoms with E-state index in [9.17, 15) is 0 Å². The second-order valence-electron chi connectivity index (χ2n) is 9.38. The van der Waals surface area contributed by atoms with Crippen LogP contribution in [0.2, 0.25) is 0 Å². The second kappa shape index (κ2) is 10.6. The van der Waals surface area contributed by atoms with Gasteiger partial charge in [-0.05, 0) is 87.8 Å². The lowest BCUT2D eigenvalue weighted by atomic mass is 10.0. The maximum absolute atomic E-state index is 6.72. The van der Waals surface area contributed by atoms with E-state index in [0.717, 1.165) is 11.5 Å². The maximum atomic E-state index is 6.72. The molecule has 30 heavy (non-hydrogen) atoms. The summed E-state index contributed by atoms with van der Waals surface area (Å²) in [6, 6.07) is 13.6. The Labute approximate surface area is 185 Å². The molecule has 0 aromatic heterocycles. The van der Waals surface area contributed by atoms with Crippen LogP contribution in [0, 0.1) is 13.8 Å². The van der Waals surface area contributed by atoms with E-state index in [-0.39, 0.29) is 0 Å². The summed E-state index contributed by atoms with van der Waals surface area (Å²) < 4.78 is 15.8. The second-order valence-corrected chi connectivity index (χ2v) is 10.7. The first-order valence-electron chi connectivity index (χ1n) is 11.2. The van der Waals surface area contributed by atoms with Gasteiger partial charge in [0.05, 0.1) is 0 Å². The zero-order chi connectivity index (χ0) is 22.6. The highest BCUT2D eigenvalue weighted by Gasteiger charge is 2.32. The summed E-state index contributed by atoms with van der Waals surface area (Å²) in [5, 5.41) is 0. The quantitative estimate of drug-likeness (QED) is 0.374. The molecule has 0 heterocycles. The molecule has 0 saturated carbocycles. The Balaban J connectivity index is 2.53. The Morgan fingerprint density at radius 3 is 1.30 bits per heavy atom. The lowest BCUT2D eigenvalue weighted by Gasteiger charge is -2.36. The first kappa shape index (κ1) is 24.7. The van der Waals surface area contributed by atoms with E-state index >= 15 is 0 Å². The van der Waals surface area contributed by atoms with Gasteiger partial charge in [-0.3, -0.25) is 0 Å². The third-order valence-electron chi connectivity index (χ3n) is 5.18. The highest BCUT2D eigenvalue weighted by molar-refractivity contribution is 7.45. The number of hydrogen-bond donors (Lipinski definition) is 0. The van der Waals surface area contributed by atoms with Crippen LogP contribution in [0.3, 0.4) is 0 Å². The van der Waals surface area contributed by atoms with Crippen LogP contribution in [0.5, 0.6) is 11.5 Å². The first-order valence-corrected chi connectivity index (χ1v) is 12.3. The maximum Gasteiger partial charge on any atom is 0.385 e. The lowest BCUT2D eigenvalue weighted by molar-refractivity contribution is 0.265. The van der Waals surface area contributed by atoms with Crippen LogP contribution in [0.4, 0.5) is 0 Å². The molecule has 3 nitrogen and oxygen atoms in total. The molecule has 0 fully saturated rings. The number of rotatable bonds is 9. The molecular formula is C26H40NO2P. The van der Waals surface area contributed by atoms with Crippen molar-refractivity contribution in [1.29, 1.82) is 0 Å². The predicted octanol–water partition coefficient (Wildman–Crippen LogP) is 8.35. The van der Waals surface area contributed by atoms with Gasteiger partial charge in [0.2, 0.25) is 0 Å². The Kier molecular flexibility index (Phi) is 8.76. The van der Waals surface area contributed by atoms with Crippen molar-refractivity contribution in [2.45, 2.75) is 93.2 Å². The minimum Gasteiger partial charge on any atom is -0.427 e. The van der Waals surface area contributed by atoms with Gasteiger partial charge in [-0.15, -0.1) is 0 Å². The zero-order valence-corrected chi connectivity index (χ0v) is 21.4. The normalized spacial score (nSPS) is 12.1. The standard InChI is InChI=1S/C26H40NO2P/c1-17(2)23-13-11-21(9)15-25(23)28-30(27(19(5)6)20(7)8)29-26-16-22(10)12-14-24(26)18(3)4/h11-20H,1-10H3. The number of aryl methyl sites for hydroxylation is 2. The van der Waals surface area contributed by atoms with Crippen LogP contribution < -0.4 is 9.05 Å². The Morgan fingerprint density at radius 1 is 0.633 bits per heavy atom. The van der Waals surface area contributed by atoms with E-state index in [4.69, 9.17) is 9.05 Å². The smallest absolute Gasteiger partial charge is 0.385 e. The molecule has 2 rings (SSSR count). The monoisotopic (exact) mass is 429 g/mol. The number of hydrogen-bond acceptors (Lipinski definition) is 3. The fourth-order valence-electron chi connectivity index (χ4n) is 3.65. The van der Waals surface area contributed by atoms with Gasteiger partial charge in [-0.2, -0.15) is 0 Å². The lowest BCUT2D eigenvalue weighted by Crippen LogP contribution is -2.35. The predicted molar refractivity (Wildman–Crippen MR) is 131 cm³/mol. The third-order valence-corrected chi connectivity index (χ3v) is 7.19. The highest BCUT2D eigenvalue weighted by Crippen LogP contribution is 2.49. The molecule has 2 aromatic carbocycles. The molecule has 4 heteroatoms. The highest BCUT2D eigenvalue weighted by atomic mass is 31.2. The molecule has 0 aliphatic rings. The third kappa shape index (κ3) is 6.22. The van der Waals surface area contributed by atoms with E-state index in [1.165, 1.54) is 22.3 Å². The molecule has 0 saturated heterocycles. The van der Waals surface area contributed by atoms with E-state index in [1.54, 1.807) is 0 Å². The minimum atomic E-state index is -1.33. The van der Waals surface area contributed by atoms with Crippen LogP contribution in [-0.2, 0) is 0 Å². The SMILES string of the molecule is Cc1ccc(C(C)C)c(OP(Oc2cc(C)ccc2C(C)C)N(C(C)C)C(C)C)c1. The summed E-state index contributed by atoms with van der Waals surface area (Å²) in [5.74, 6) is 2.63. The van der Waals surface area contributed by atoms with Crippen LogP contribution in [0.1, 0.15) is 89.5 Å². The molecule has 0 atom stereocenters. The van der Waals surface area contributed by atoms with Crippen LogP contribution in [-0.4, -0.2) is 16.8 Å². The first-order chi connectivity index (χ1) is 14.0. The van der Waals surface area contributed by atoms with Crippen molar-refractivity contribution in [3.8, 4) is 11.5 Å². The van der Waals surface area contributed by atoms with E-state index in [1.807, 2.05) is 0 Å². The van der Waals surface area contributed by atoms with Crippen LogP contribution >= 0.6 is 8.53 Å². The molecule has 0 aliphatic heterocycles. The van der Waals surface area contributed by atoms with Crippen molar-refractivity contribution in [3.05, 3.63) is 58.7 Å². The summed E-state index contributed by atoms with van der Waals surface area (Å²) in [4.78, 5) is 0. The topological polar surface area (TPSA) is 21.7 Å². The summed E-state index contributed by atoms with van der Waals surface area (Å²) in [7, 11) is -1.33. The van der Waals surface area contributed by atoms with Crippen molar-refractivity contribution in [1.82, 2.24) is 4.67 Å². The van der Waals surface area contributed by atoms with Crippen molar-refractivity contribution in [3.63, 3.8) is 0 Å². The molecule has 0 bridgehead atoms. The van der Waals surface area contributed by atoms with E-state index < -0.39 is 8.53 Å². The summed E-state index contributed by atoms with van der Waals surface area (Å²) in [6.07, 6.45) is 0. The van der Waals surface area contributed by atoms with Gasteiger partial charge in [0.15, 0.2) is 0 Å². The van der Waals surface area contributed by atoms with Crippen molar-refractivity contribution in [2.24, 2.45) is 0 Å². The fraction of sp³-hybridized carbons (Fsp3) is 0.538. The van der Waals surface area contributed by atoms with Crippen molar-refractivity contribution < 1.29 is 9.05 Å². The molecule has 0 unspecified atom stereocenters. The Morgan fingerprint density at radius 2 is 1.00 bits per heavy atom. The van der Waals surface area contributed by atoms with Gasteiger partial charge in [0.25, 0.3) is 0 Å². The molecule has 0 N–H and O–H groups in total. The van der Waals surface area contributed by atoms with Gasteiger partial charge in [-0.1, -0.05) is 52.0 Å². The van der Waals surface area contributed by atoms with E-state index in [0.29, 0.717) is 23.9 Å².